The van der Waals surface area contributed by atoms with E-state index < -0.39 is 0 Å². The fourth-order valence-corrected chi connectivity index (χ4v) is 4.36. The Balaban J connectivity index is 1.47. The van der Waals surface area contributed by atoms with Gasteiger partial charge in [-0.05, 0) is 51.6 Å². The maximum absolute atomic E-state index is 12.8. The van der Waals surface area contributed by atoms with Crippen molar-refractivity contribution in [3.63, 3.8) is 0 Å². The average Bonchev–Trinajstić information content (AvgIpc) is 3.09. The Morgan fingerprint density at radius 2 is 1.70 bits per heavy atom. The second-order valence-corrected chi connectivity index (χ2v) is 7.54. The van der Waals surface area contributed by atoms with Crippen molar-refractivity contribution in [3.05, 3.63) is 0 Å². The Morgan fingerprint density at radius 3 is 2.26 bits per heavy atom. The van der Waals surface area contributed by atoms with E-state index in [9.17, 15) is 9.59 Å². The quantitative estimate of drug-likeness (QED) is 0.808. The number of nitrogens with one attached hydrogen (secondary N) is 1. The van der Waals surface area contributed by atoms with Crippen LogP contribution >= 0.6 is 0 Å². The summed E-state index contributed by atoms with van der Waals surface area (Å²) in [5, 5.41) is 3.32. The molecule has 0 spiro atoms. The first kappa shape index (κ1) is 16.7. The number of likely N-dealkylation sites (tertiary alicyclic amines) is 1. The van der Waals surface area contributed by atoms with Crippen molar-refractivity contribution in [3.8, 4) is 0 Å². The van der Waals surface area contributed by atoms with E-state index in [2.05, 4.69) is 15.1 Å². The Kier molecular flexibility index (Phi) is 4.92. The van der Waals surface area contributed by atoms with E-state index in [0.29, 0.717) is 6.54 Å². The van der Waals surface area contributed by atoms with Crippen molar-refractivity contribution >= 4 is 11.8 Å². The van der Waals surface area contributed by atoms with Crippen molar-refractivity contribution in [2.45, 2.75) is 50.1 Å². The van der Waals surface area contributed by atoms with Gasteiger partial charge in [-0.3, -0.25) is 19.4 Å². The predicted octanol–water partition coefficient (Wildman–Crippen LogP) is 0.284. The summed E-state index contributed by atoms with van der Waals surface area (Å²) >= 11 is 0. The molecule has 2 amide bonds. The zero-order valence-electron chi connectivity index (χ0n) is 14.5. The molecule has 1 N–H and O–H groups in total. The lowest BCUT2D eigenvalue weighted by Gasteiger charge is -2.36. The van der Waals surface area contributed by atoms with Crippen LogP contribution in [0.4, 0.5) is 0 Å². The molecule has 3 aliphatic heterocycles. The monoisotopic (exact) mass is 322 g/mol. The molecule has 3 rings (SSSR count). The number of hydrogen-bond acceptors (Lipinski definition) is 4. The highest BCUT2D eigenvalue weighted by Crippen LogP contribution is 2.39. The number of piperidine rings is 1. The molecule has 3 heterocycles. The van der Waals surface area contributed by atoms with Crippen LogP contribution in [0.1, 0.15) is 38.5 Å². The van der Waals surface area contributed by atoms with Gasteiger partial charge in [0.1, 0.15) is 5.54 Å². The minimum Gasteiger partial charge on any atom is -0.352 e. The Morgan fingerprint density at radius 1 is 1.09 bits per heavy atom. The molecule has 0 atom stereocenters. The van der Waals surface area contributed by atoms with Crippen LogP contribution in [0.25, 0.3) is 0 Å². The van der Waals surface area contributed by atoms with Gasteiger partial charge in [0, 0.05) is 33.2 Å². The predicted molar refractivity (Wildman–Crippen MR) is 89.1 cm³/mol. The van der Waals surface area contributed by atoms with Gasteiger partial charge in [0.05, 0.1) is 6.54 Å². The minimum absolute atomic E-state index is 0.152. The van der Waals surface area contributed by atoms with E-state index in [-0.39, 0.29) is 23.4 Å². The van der Waals surface area contributed by atoms with Gasteiger partial charge in [-0.25, -0.2) is 0 Å². The third-order valence-electron chi connectivity index (χ3n) is 5.85. The summed E-state index contributed by atoms with van der Waals surface area (Å²) in [4.78, 5) is 30.8. The molecular weight excluding hydrogens is 292 g/mol. The highest BCUT2D eigenvalue weighted by Gasteiger charge is 2.50. The number of rotatable bonds is 4. The zero-order chi connectivity index (χ0) is 16.4. The third-order valence-corrected chi connectivity index (χ3v) is 5.85. The van der Waals surface area contributed by atoms with Crippen molar-refractivity contribution in [1.82, 2.24) is 20.0 Å². The summed E-state index contributed by atoms with van der Waals surface area (Å²) in [7, 11) is 3.59. The third kappa shape index (κ3) is 3.38. The Bertz CT molecular complexity index is 448. The molecule has 0 bridgehead atoms. The summed E-state index contributed by atoms with van der Waals surface area (Å²) in [6, 6.07) is 0.269. The van der Waals surface area contributed by atoms with E-state index in [1.165, 1.54) is 0 Å². The van der Waals surface area contributed by atoms with E-state index in [4.69, 9.17) is 0 Å². The number of fused-ring (bicyclic) bond motifs is 1. The summed E-state index contributed by atoms with van der Waals surface area (Å²) < 4.78 is 0. The van der Waals surface area contributed by atoms with Crippen molar-refractivity contribution in [1.29, 1.82) is 0 Å². The van der Waals surface area contributed by atoms with Crippen LogP contribution in [0.5, 0.6) is 0 Å². The van der Waals surface area contributed by atoms with E-state index in [1.807, 2.05) is 0 Å². The fraction of sp³-hybridized carbons (Fsp3) is 0.882. The van der Waals surface area contributed by atoms with Gasteiger partial charge in [0.25, 0.3) is 0 Å². The first-order valence-electron chi connectivity index (χ1n) is 9.00. The minimum atomic E-state index is -0.196. The Hall–Kier alpha value is -1.14. The van der Waals surface area contributed by atoms with Crippen LogP contribution in [0, 0.1) is 0 Å². The Labute approximate surface area is 139 Å². The topological polar surface area (TPSA) is 55.9 Å². The molecule has 6 heteroatoms. The molecule has 0 aliphatic carbocycles. The molecule has 0 aromatic carbocycles. The molecule has 0 radical (unpaired) electrons. The number of carbonyl (C=O) groups excluding carboxylic acids is 2. The van der Waals surface area contributed by atoms with E-state index >= 15 is 0 Å². The zero-order valence-corrected chi connectivity index (χ0v) is 14.5. The van der Waals surface area contributed by atoms with E-state index in [1.54, 1.807) is 19.0 Å². The first-order chi connectivity index (χ1) is 11.0. The first-order valence-corrected chi connectivity index (χ1v) is 9.00. The molecule has 6 nitrogen and oxygen atoms in total. The number of hydrogen-bond donors (Lipinski definition) is 1. The summed E-state index contributed by atoms with van der Waals surface area (Å²) in [6.07, 6.45) is 6.24. The van der Waals surface area contributed by atoms with Gasteiger partial charge in [-0.15, -0.1) is 0 Å². The maximum atomic E-state index is 12.8. The standard InChI is InChI=1S/C17H30N4O2/c1-19(2)15(22)13-20-11-5-14(6-12-20)18-16(23)17-7-3-9-21(17)10-4-8-17/h14H,3-13H2,1-2H3,(H,18,23). The van der Waals surface area contributed by atoms with Crippen LogP contribution in [-0.4, -0.2) is 84.9 Å². The molecule has 3 aliphatic rings. The van der Waals surface area contributed by atoms with Gasteiger partial charge < -0.3 is 10.2 Å². The van der Waals surface area contributed by atoms with Gasteiger partial charge in [-0.1, -0.05) is 0 Å². The molecule has 3 fully saturated rings. The second kappa shape index (κ2) is 6.77. The van der Waals surface area contributed by atoms with Crippen molar-refractivity contribution in [2.75, 3.05) is 46.8 Å². The highest BCUT2D eigenvalue weighted by atomic mass is 16.2. The summed E-state index contributed by atoms with van der Waals surface area (Å²) in [5.74, 6) is 0.411. The molecule has 0 unspecified atom stereocenters. The lowest BCUT2D eigenvalue weighted by atomic mass is 9.92. The molecule has 0 aromatic heterocycles. The molecule has 130 valence electrons. The molecule has 3 saturated heterocycles. The van der Waals surface area contributed by atoms with Gasteiger partial charge in [0.2, 0.25) is 11.8 Å². The van der Waals surface area contributed by atoms with Gasteiger partial charge in [-0.2, -0.15) is 0 Å². The molecule has 0 aromatic rings. The smallest absolute Gasteiger partial charge is 0.240 e. The maximum Gasteiger partial charge on any atom is 0.240 e. The SMILES string of the molecule is CN(C)C(=O)CN1CCC(NC(=O)C23CCCN2CCC3)CC1. The van der Waals surface area contributed by atoms with Crippen molar-refractivity contribution < 1.29 is 9.59 Å². The number of amides is 2. The highest BCUT2D eigenvalue weighted by molar-refractivity contribution is 5.87. The van der Waals surface area contributed by atoms with Crippen LogP contribution in [0.3, 0.4) is 0 Å². The van der Waals surface area contributed by atoms with Crippen LogP contribution in [0.15, 0.2) is 0 Å². The number of likely N-dealkylation sites (N-methyl/N-ethyl adjacent to an activating group) is 1. The average molecular weight is 322 g/mol. The normalized spacial score (nSPS) is 25.3. The summed E-state index contributed by atoms with van der Waals surface area (Å²) in [6.45, 7) is 4.44. The lowest BCUT2D eigenvalue weighted by Crippen LogP contribution is -2.56. The molecule has 0 saturated carbocycles. The van der Waals surface area contributed by atoms with Gasteiger partial charge >= 0.3 is 0 Å². The van der Waals surface area contributed by atoms with E-state index in [0.717, 1.165) is 64.7 Å². The number of nitrogens with zero attached hydrogens (tertiary/aromatic N) is 3. The largest absolute Gasteiger partial charge is 0.352 e. The molecular formula is C17H30N4O2. The summed E-state index contributed by atoms with van der Waals surface area (Å²) in [5.41, 5.74) is -0.196. The number of carbonyl (C=O) groups is 2. The van der Waals surface area contributed by atoms with Gasteiger partial charge in [0.15, 0.2) is 0 Å². The van der Waals surface area contributed by atoms with Crippen LogP contribution in [0.2, 0.25) is 0 Å². The second-order valence-electron chi connectivity index (χ2n) is 7.54. The van der Waals surface area contributed by atoms with Crippen LogP contribution in [-0.2, 0) is 9.59 Å². The lowest BCUT2D eigenvalue weighted by molar-refractivity contribution is -0.132. The fourth-order valence-electron chi connectivity index (χ4n) is 4.36. The van der Waals surface area contributed by atoms with Crippen molar-refractivity contribution in [2.24, 2.45) is 0 Å². The van der Waals surface area contributed by atoms with Crippen LogP contribution < -0.4 is 5.32 Å². The molecule has 23 heavy (non-hydrogen) atoms.